The quantitative estimate of drug-likeness (QED) is 0.727. The Morgan fingerprint density at radius 2 is 2.10 bits per heavy atom. The number of carbonyl (C=O) groups is 1. The number of benzene rings is 1. The van der Waals surface area contributed by atoms with Crippen LogP contribution in [0.5, 0.6) is 0 Å². The summed E-state index contributed by atoms with van der Waals surface area (Å²) in [6.07, 6.45) is 5.83. The van der Waals surface area contributed by atoms with E-state index in [2.05, 4.69) is 13.0 Å². The molecule has 0 radical (unpaired) electrons. The van der Waals surface area contributed by atoms with Crippen molar-refractivity contribution in [1.82, 2.24) is 0 Å². The van der Waals surface area contributed by atoms with Crippen molar-refractivity contribution in [2.24, 2.45) is 11.8 Å². The van der Waals surface area contributed by atoms with Gasteiger partial charge in [0.25, 0.3) is 0 Å². The van der Waals surface area contributed by atoms with E-state index in [4.69, 9.17) is 4.74 Å². The zero-order valence-corrected chi connectivity index (χ0v) is 13.0. The second-order valence-electron chi connectivity index (χ2n) is 6.05. The van der Waals surface area contributed by atoms with Gasteiger partial charge in [-0.1, -0.05) is 26.0 Å². The van der Waals surface area contributed by atoms with Gasteiger partial charge in [0.05, 0.1) is 13.0 Å². The average molecular weight is 290 g/mol. The molecule has 1 aromatic carbocycles. The standard InChI is InChI=1S/C18H23FO2/c1-12(4-5-13(2)18(20)21-3)10-15-7-6-14-8-9-16(19)11-17(14)15/h7-9,11-13H,4-6,10H2,1-3H3/t12-,13-/m0/s1. The maximum absolute atomic E-state index is 13.4. The van der Waals surface area contributed by atoms with E-state index >= 15 is 0 Å². The Balaban J connectivity index is 1.89. The summed E-state index contributed by atoms with van der Waals surface area (Å²) in [5.74, 6) is 0.0977. The molecule has 0 spiro atoms. The second kappa shape index (κ2) is 6.88. The Morgan fingerprint density at radius 1 is 1.33 bits per heavy atom. The first kappa shape index (κ1) is 15.7. The lowest BCUT2D eigenvalue weighted by molar-refractivity contribution is -0.145. The Kier molecular flexibility index (Phi) is 5.16. The summed E-state index contributed by atoms with van der Waals surface area (Å²) in [6.45, 7) is 4.08. The minimum Gasteiger partial charge on any atom is -0.469 e. The number of carbonyl (C=O) groups excluding carboxylic acids is 1. The van der Waals surface area contributed by atoms with Gasteiger partial charge in [-0.15, -0.1) is 0 Å². The number of hydrogen-bond donors (Lipinski definition) is 0. The molecule has 2 nitrogen and oxygen atoms in total. The maximum atomic E-state index is 13.4. The molecule has 0 aromatic heterocycles. The summed E-state index contributed by atoms with van der Waals surface area (Å²) >= 11 is 0. The molecular weight excluding hydrogens is 267 g/mol. The summed E-state index contributed by atoms with van der Waals surface area (Å²) in [7, 11) is 1.43. The lowest BCUT2D eigenvalue weighted by Gasteiger charge is -2.15. The number of esters is 1. The van der Waals surface area contributed by atoms with Gasteiger partial charge in [-0.3, -0.25) is 4.79 Å². The fraction of sp³-hybridized carbons (Fsp3) is 0.500. The van der Waals surface area contributed by atoms with Gasteiger partial charge >= 0.3 is 5.97 Å². The van der Waals surface area contributed by atoms with Crippen molar-refractivity contribution in [2.45, 2.75) is 39.5 Å². The molecule has 0 N–H and O–H groups in total. The van der Waals surface area contributed by atoms with Gasteiger partial charge in [-0.2, -0.15) is 0 Å². The van der Waals surface area contributed by atoms with Crippen LogP contribution in [0.3, 0.4) is 0 Å². The van der Waals surface area contributed by atoms with Crippen molar-refractivity contribution in [3.05, 3.63) is 41.2 Å². The number of halogens is 1. The monoisotopic (exact) mass is 290 g/mol. The molecule has 2 rings (SSSR count). The molecule has 21 heavy (non-hydrogen) atoms. The van der Waals surface area contributed by atoms with Crippen molar-refractivity contribution in [2.75, 3.05) is 7.11 Å². The minimum atomic E-state index is -0.173. The number of hydrogen-bond acceptors (Lipinski definition) is 2. The summed E-state index contributed by atoms with van der Waals surface area (Å²) in [5.41, 5.74) is 3.51. The van der Waals surface area contributed by atoms with E-state index in [1.54, 1.807) is 6.07 Å². The Hall–Kier alpha value is -1.64. The third-order valence-electron chi connectivity index (χ3n) is 4.25. The van der Waals surface area contributed by atoms with Crippen LogP contribution in [-0.4, -0.2) is 13.1 Å². The molecule has 0 heterocycles. The third-order valence-corrected chi connectivity index (χ3v) is 4.25. The molecule has 0 saturated carbocycles. The SMILES string of the molecule is COC(=O)[C@@H](C)CC[C@H](C)CC1=CCc2ccc(F)cc21. The fourth-order valence-corrected chi connectivity index (χ4v) is 2.89. The van der Waals surface area contributed by atoms with E-state index in [9.17, 15) is 9.18 Å². The predicted molar refractivity (Wildman–Crippen MR) is 82.3 cm³/mol. The molecule has 1 aliphatic rings. The molecule has 1 aromatic rings. The van der Waals surface area contributed by atoms with Gasteiger partial charge in [0, 0.05) is 0 Å². The van der Waals surface area contributed by atoms with Crippen LogP contribution >= 0.6 is 0 Å². The van der Waals surface area contributed by atoms with Crippen LogP contribution in [0.25, 0.3) is 5.57 Å². The predicted octanol–water partition coefficient (Wildman–Crippen LogP) is 4.38. The molecule has 0 unspecified atom stereocenters. The maximum Gasteiger partial charge on any atom is 0.308 e. The van der Waals surface area contributed by atoms with E-state index in [1.165, 1.54) is 24.3 Å². The molecule has 0 aliphatic heterocycles. The first-order chi connectivity index (χ1) is 10.0. The summed E-state index contributed by atoms with van der Waals surface area (Å²) < 4.78 is 18.1. The van der Waals surface area contributed by atoms with Crippen LogP contribution < -0.4 is 0 Å². The zero-order chi connectivity index (χ0) is 15.4. The largest absolute Gasteiger partial charge is 0.469 e. The van der Waals surface area contributed by atoms with Crippen LogP contribution in [0.1, 0.15) is 44.2 Å². The van der Waals surface area contributed by atoms with Crippen LogP contribution in [0.2, 0.25) is 0 Å². The molecule has 0 amide bonds. The Morgan fingerprint density at radius 3 is 2.81 bits per heavy atom. The van der Waals surface area contributed by atoms with Gasteiger partial charge in [0.15, 0.2) is 0 Å². The van der Waals surface area contributed by atoms with Gasteiger partial charge < -0.3 is 4.74 Å². The molecule has 0 fully saturated rings. The first-order valence-corrected chi connectivity index (χ1v) is 7.57. The first-order valence-electron chi connectivity index (χ1n) is 7.57. The smallest absolute Gasteiger partial charge is 0.308 e. The van der Waals surface area contributed by atoms with Gasteiger partial charge in [0.1, 0.15) is 5.82 Å². The van der Waals surface area contributed by atoms with Crippen molar-refractivity contribution in [1.29, 1.82) is 0 Å². The van der Waals surface area contributed by atoms with Crippen molar-refractivity contribution >= 4 is 11.5 Å². The Bertz CT molecular complexity index is 548. The highest BCUT2D eigenvalue weighted by Gasteiger charge is 2.19. The second-order valence-corrected chi connectivity index (χ2v) is 6.05. The van der Waals surface area contributed by atoms with Gasteiger partial charge in [-0.05, 0) is 60.4 Å². The average Bonchev–Trinajstić information content (AvgIpc) is 2.86. The van der Waals surface area contributed by atoms with Crippen molar-refractivity contribution in [3.8, 4) is 0 Å². The molecule has 2 atom stereocenters. The highest BCUT2D eigenvalue weighted by molar-refractivity contribution is 5.73. The molecule has 3 heteroatoms. The van der Waals surface area contributed by atoms with Crippen LogP contribution in [0.4, 0.5) is 4.39 Å². The molecule has 1 aliphatic carbocycles. The number of fused-ring (bicyclic) bond motifs is 1. The topological polar surface area (TPSA) is 26.3 Å². The van der Waals surface area contributed by atoms with Crippen LogP contribution in [0.15, 0.2) is 24.3 Å². The number of ether oxygens (including phenoxy) is 1. The number of methoxy groups -OCH3 is 1. The highest BCUT2D eigenvalue weighted by Crippen LogP contribution is 2.33. The molecule has 114 valence electrons. The normalized spacial score (nSPS) is 16.1. The summed E-state index contributed by atoms with van der Waals surface area (Å²) in [6, 6.07) is 5.03. The summed E-state index contributed by atoms with van der Waals surface area (Å²) in [5, 5.41) is 0. The number of rotatable bonds is 6. The van der Waals surface area contributed by atoms with Gasteiger partial charge in [0.2, 0.25) is 0 Å². The van der Waals surface area contributed by atoms with Crippen LogP contribution in [-0.2, 0) is 16.0 Å². The molecule has 0 bridgehead atoms. The number of allylic oxidation sites excluding steroid dienone is 2. The van der Waals surface area contributed by atoms with E-state index in [1.807, 2.05) is 13.0 Å². The molecular formula is C18H23FO2. The van der Waals surface area contributed by atoms with E-state index < -0.39 is 0 Å². The Labute approximate surface area is 126 Å². The lowest BCUT2D eigenvalue weighted by Crippen LogP contribution is -2.13. The van der Waals surface area contributed by atoms with Crippen molar-refractivity contribution < 1.29 is 13.9 Å². The summed E-state index contributed by atoms with van der Waals surface area (Å²) in [4.78, 5) is 11.4. The van der Waals surface area contributed by atoms with Gasteiger partial charge in [-0.25, -0.2) is 4.39 Å². The molecule has 0 saturated heterocycles. The third kappa shape index (κ3) is 3.93. The van der Waals surface area contributed by atoms with Crippen LogP contribution in [0, 0.1) is 17.7 Å². The highest BCUT2D eigenvalue weighted by atomic mass is 19.1. The van der Waals surface area contributed by atoms with E-state index in [0.717, 1.165) is 31.2 Å². The van der Waals surface area contributed by atoms with E-state index in [-0.39, 0.29) is 17.7 Å². The lowest BCUT2D eigenvalue weighted by atomic mass is 9.91. The zero-order valence-electron chi connectivity index (χ0n) is 13.0. The van der Waals surface area contributed by atoms with E-state index in [0.29, 0.717) is 5.92 Å². The minimum absolute atomic E-state index is 0.0558. The van der Waals surface area contributed by atoms with Crippen molar-refractivity contribution in [3.63, 3.8) is 0 Å². The fourth-order valence-electron chi connectivity index (χ4n) is 2.89.